The number of alkyl halides is 3. The van der Waals surface area contributed by atoms with Crippen LogP contribution >= 0.6 is 11.3 Å². The Morgan fingerprint density at radius 1 is 1.37 bits per heavy atom. The van der Waals surface area contributed by atoms with Crippen molar-refractivity contribution in [1.82, 2.24) is 15.5 Å². The van der Waals surface area contributed by atoms with Crippen LogP contribution in [0, 0.1) is 0 Å². The third kappa shape index (κ3) is 3.79. The summed E-state index contributed by atoms with van der Waals surface area (Å²) in [4.78, 5) is 1.86. The van der Waals surface area contributed by atoms with E-state index in [1.165, 1.54) is 12.8 Å². The van der Waals surface area contributed by atoms with Crippen LogP contribution in [0.1, 0.15) is 31.2 Å². The highest BCUT2D eigenvalue weighted by Gasteiger charge is 2.36. The molecular weight excluding hydrogens is 277 g/mol. The molecule has 0 aliphatic carbocycles. The summed E-state index contributed by atoms with van der Waals surface area (Å²) in [6.07, 6.45) is -1.02. The molecule has 108 valence electrons. The Morgan fingerprint density at radius 3 is 2.68 bits per heavy atom. The number of nitrogens with zero attached hydrogens (tertiary/aromatic N) is 3. The number of halogens is 3. The van der Waals surface area contributed by atoms with Gasteiger partial charge in [0.05, 0.1) is 0 Å². The molecule has 0 spiro atoms. The largest absolute Gasteiger partial charge is 0.445 e. The minimum atomic E-state index is -4.40. The maximum atomic E-state index is 12.5. The van der Waals surface area contributed by atoms with Crippen molar-refractivity contribution in [3.8, 4) is 0 Å². The van der Waals surface area contributed by atoms with E-state index in [1.54, 1.807) is 0 Å². The topological polar surface area (TPSA) is 41.0 Å². The molecule has 2 heterocycles. The SMILES string of the molecule is CCN(CC1CCCCN1)c1nnc(C(F)(F)F)s1. The summed E-state index contributed by atoms with van der Waals surface area (Å²) >= 11 is 0.612. The fourth-order valence-electron chi connectivity index (χ4n) is 2.15. The minimum Gasteiger partial charge on any atom is -0.345 e. The van der Waals surface area contributed by atoms with Crippen molar-refractivity contribution in [2.24, 2.45) is 0 Å². The molecule has 1 aromatic rings. The van der Waals surface area contributed by atoms with Gasteiger partial charge in [0, 0.05) is 19.1 Å². The number of likely N-dealkylation sites (N-methyl/N-ethyl adjacent to an activating group) is 1. The van der Waals surface area contributed by atoms with E-state index >= 15 is 0 Å². The second-order valence-corrected chi connectivity index (χ2v) is 5.53. The van der Waals surface area contributed by atoms with Crippen molar-refractivity contribution in [3.05, 3.63) is 5.01 Å². The summed E-state index contributed by atoms with van der Waals surface area (Å²) in [5.74, 6) is 0. The first kappa shape index (κ1) is 14.5. The number of hydrogen-bond donors (Lipinski definition) is 1. The van der Waals surface area contributed by atoms with E-state index in [4.69, 9.17) is 0 Å². The van der Waals surface area contributed by atoms with Crippen LogP contribution in [0.2, 0.25) is 0 Å². The monoisotopic (exact) mass is 294 g/mol. The molecule has 0 saturated carbocycles. The Morgan fingerprint density at radius 2 is 2.16 bits per heavy atom. The fourth-order valence-corrected chi connectivity index (χ4v) is 2.93. The molecule has 2 rings (SSSR count). The molecule has 19 heavy (non-hydrogen) atoms. The first-order valence-corrected chi connectivity index (χ1v) is 7.21. The van der Waals surface area contributed by atoms with Crippen LogP contribution in [-0.2, 0) is 6.18 Å². The molecule has 0 radical (unpaired) electrons. The van der Waals surface area contributed by atoms with Gasteiger partial charge in [-0.05, 0) is 26.3 Å². The zero-order valence-electron chi connectivity index (χ0n) is 10.7. The van der Waals surface area contributed by atoms with Crippen molar-refractivity contribution in [2.75, 3.05) is 24.5 Å². The van der Waals surface area contributed by atoms with Crippen LogP contribution in [0.4, 0.5) is 18.3 Å². The van der Waals surface area contributed by atoms with Crippen molar-refractivity contribution >= 4 is 16.5 Å². The number of rotatable bonds is 4. The average Bonchev–Trinajstić information content (AvgIpc) is 2.86. The maximum Gasteiger partial charge on any atom is 0.445 e. The van der Waals surface area contributed by atoms with E-state index in [2.05, 4.69) is 15.5 Å². The number of anilines is 1. The Kier molecular flexibility index (Phi) is 4.62. The van der Waals surface area contributed by atoms with Crippen LogP contribution in [0.5, 0.6) is 0 Å². The van der Waals surface area contributed by atoms with E-state index in [9.17, 15) is 13.2 Å². The van der Waals surface area contributed by atoms with Crippen LogP contribution in [0.15, 0.2) is 0 Å². The molecule has 1 N–H and O–H groups in total. The average molecular weight is 294 g/mol. The first-order chi connectivity index (χ1) is 9.00. The minimum absolute atomic E-state index is 0.326. The lowest BCUT2D eigenvalue weighted by atomic mass is 10.0. The Balaban J connectivity index is 2.02. The van der Waals surface area contributed by atoms with Gasteiger partial charge in [-0.25, -0.2) is 0 Å². The highest BCUT2D eigenvalue weighted by Crippen LogP contribution is 2.34. The number of nitrogens with one attached hydrogen (secondary N) is 1. The molecule has 1 fully saturated rings. The molecule has 1 aromatic heterocycles. The van der Waals surface area contributed by atoms with Gasteiger partial charge in [-0.1, -0.05) is 17.8 Å². The zero-order chi connectivity index (χ0) is 13.9. The normalized spacial score (nSPS) is 20.5. The number of aromatic nitrogens is 2. The first-order valence-electron chi connectivity index (χ1n) is 6.39. The number of hydrogen-bond acceptors (Lipinski definition) is 5. The van der Waals surface area contributed by atoms with E-state index in [0.29, 0.717) is 35.6 Å². The van der Waals surface area contributed by atoms with Gasteiger partial charge in [0.25, 0.3) is 0 Å². The summed E-state index contributed by atoms with van der Waals surface area (Å²) in [5, 5.41) is 9.75. The highest BCUT2D eigenvalue weighted by molar-refractivity contribution is 7.15. The lowest BCUT2D eigenvalue weighted by Gasteiger charge is -2.29. The molecular formula is C11H17F3N4S. The van der Waals surface area contributed by atoms with Gasteiger partial charge in [0.2, 0.25) is 10.1 Å². The van der Waals surface area contributed by atoms with E-state index in [0.717, 1.165) is 13.0 Å². The molecule has 1 saturated heterocycles. The van der Waals surface area contributed by atoms with Crippen LogP contribution in [-0.4, -0.2) is 35.9 Å². The van der Waals surface area contributed by atoms with Crippen molar-refractivity contribution in [3.63, 3.8) is 0 Å². The molecule has 1 unspecified atom stereocenters. The van der Waals surface area contributed by atoms with Crippen LogP contribution < -0.4 is 10.2 Å². The molecule has 4 nitrogen and oxygen atoms in total. The van der Waals surface area contributed by atoms with Crippen LogP contribution in [0.3, 0.4) is 0 Å². The van der Waals surface area contributed by atoms with Gasteiger partial charge in [-0.3, -0.25) is 0 Å². The highest BCUT2D eigenvalue weighted by atomic mass is 32.1. The standard InChI is InChI=1S/C11H17F3N4S/c1-2-18(7-8-5-3-4-6-15-8)10-17-16-9(19-10)11(12,13)14/h8,15H,2-7H2,1H3. The van der Waals surface area contributed by atoms with Gasteiger partial charge in [-0.15, -0.1) is 10.2 Å². The third-order valence-corrected chi connectivity index (χ3v) is 4.19. The zero-order valence-corrected chi connectivity index (χ0v) is 11.5. The summed E-state index contributed by atoms with van der Waals surface area (Å²) in [6.45, 7) is 4.21. The van der Waals surface area contributed by atoms with E-state index < -0.39 is 11.2 Å². The third-order valence-electron chi connectivity index (χ3n) is 3.16. The lowest BCUT2D eigenvalue weighted by molar-refractivity contribution is -0.138. The Hall–Kier alpha value is -0.890. The van der Waals surface area contributed by atoms with Gasteiger partial charge in [-0.2, -0.15) is 13.2 Å². The summed E-state index contributed by atoms with van der Waals surface area (Å²) in [7, 11) is 0. The molecule has 0 aromatic carbocycles. The number of piperidine rings is 1. The predicted molar refractivity (Wildman–Crippen MR) is 68.4 cm³/mol. The van der Waals surface area contributed by atoms with Crippen molar-refractivity contribution in [1.29, 1.82) is 0 Å². The molecule has 1 aliphatic rings. The van der Waals surface area contributed by atoms with E-state index in [1.807, 2.05) is 11.8 Å². The Bertz CT molecular complexity index is 401. The van der Waals surface area contributed by atoms with Crippen LogP contribution in [0.25, 0.3) is 0 Å². The summed E-state index contributed by atoms with van der Waals surface area (Å²) in [5.41, 5.74) is 0. The van der Waals surface area contributed by atoms with Crippen molar-refractivity contribution in [2.45, 2.75) is 38.4 Å². The maximum absolute atomic E-state index is 12.5. The van der Waals surface area contributed by atoms with Gasteiger partial charge in [0.1, 0.15) is 0 Å². The van der Waals surface area contributed by atoms with Gasteiger partial charge in [0.15, 0.2) is 0 Å². The molecule has 8 heteroatoms. The molecule has 1 atom stereocenters. The van der Waals surface area contributed by atoms with Gasteiger partial charge < -0.3 is 10.2 Å². The van der Waals surface area contributed by atoms with Gasteiger partial charge >= 0.3 is 6.18 Å². The quantitative estimate of drug-likeness (QED) is 0.926. The summed E-state index contributed by atoms with van der Waals surface area (Å²) in [6, 6.07) is 0.326. The fraction of sp³-hybridized carbons (Fsp3) is 0.818. The second kappa shape index (κ2) is 6.04. The predicted octanol–water partition coefficient (Wildman–Crippen LogP) is 2.53. The second-order valence-electron chi connectivity index (χ2n) is 4.57. The smallest absolute Gasteiger partial charge is 0.345 e. The summed E-state index contributed by atoms with van der Waals surface area (Å²) < 4.78 is 37.5. The van der Waals surface area contributed by atoms with E-state index in [-0.39, 0.29) is 0 Å². The molecule has 0 bridgehead atoms. The van der Waals surface area contributed by atoms with Crippen molar-refractivity contribution < 1.29 is 13.2 Å². The Labute approximate surface area is 114 Å². The molecule has 0 amide bonds. The lowest BCUT2D eigenvalue weighted by Crippen LogP contribution is -2.43. The molecule has 1 aliphatic heterocycles.